The Morgan fingerprint density at radius 1 is 0.364 bits per heavy atom. The molecule has 66 heavy (non-hydrogen) atoms. The van der Waals surface area contributed by atoms with Crippen LogP contribution in [0, 0.1) is 27.7 Å². The van der Waals surface area contributed by atoms with E-state index in [0.29, 0.717) is 55.6 Å². The predicted octanol–water partition coefficient (Wildman–Crippen LogP) is 16.0. The van der Waals surface area contributed by atoms with Crippen LogP contribution in [0.3, 0.4) is 0 Å². The van der Waals surface area contributed by atoms with Gasteiger partial charge in [-0.2, -0.15) is 0 Å². The molecule has 0 N–H and O–H groups in total. The van der Waals surface area contributed by atoms with Crippen molar-refractivity contribution in [2.45, 2.75) is 27.7 Å². The zero-order chi connectivity index (χ0) is 43.9. The highest BCUT2D eigenvalue weighted by Gasteiger charge is 2.30. The van der Waals surface area contributed by atoms with Gasteiger partial charge in [0.15, 0.2) is 27.9 Å². The molecule has 0 aliphatic heterocycles. The normalized spacial score (nSPS) is 12.6. The van der Waals surface area contributed by atoms with Crippen molar-refractivity contribution >= 4 is 121 Å². The molecule has 15 rings (SSSR count). The van der Waals surface area contributed by atoms with E-state index in [9.17, 15) is 0 Å². The average molecular weight is 853 g/mol. The summed E-state index contributed by atoms with van der Waals surface area (Å²) in [5, 5.41) is 9.93. The smallest absolute Gasteiger partial charge is 0.338 e. The minimum atomic E-state index is -0.264. The molecule has 0 atom stereocenters. The van der Waals surface area contributed by atoms with Crippen molar-refractivity contribution in [3.8, 4) is 22.3 Å². The van der Waals surface area contributed by atoms with Gasteiger partial charge in [-0.3, -0.25) is 8.80 Å². The molecule has 0 spiro atoms. The van der Waals surface area contributed by atoms with E-state index in [-0.39, 0.29) is 5.69 Å². The maximum atomic E-state index is 16.5. The molecule has 312 valence electrons. The van der Waals surface area contributed by atoms with E-state index < -0.39 is 0 Å². The van der Waals surface area contributed by atoms with Crippen LogP contribution < -0.4 is 5.69 Å². The van der Waals surface area contributed by atoms with Gasteiger partial charge in [-0.25, -0.2) is 4.79 Å². The van der Waals surface area contributed by atoms with E-state index in [1.54, 1.807) is 0 Å². The van der Waals surface area contributed by atoms with Gasteiger partial charge in [0.05, 0.1) is 10.9 Å². The Hall–Kier alpha value is -8.55. The van der Waals surface area contributed by atoms with Crippen LogP contribution in [0.25, 0.3) is 143 Å². The zero-order valence-corrected chi connectivity index (χ0v) is 36.3. The van der Waals surface area contributed by atoms with Crippen molar-refractivity contribution in [2.75, 3.05) is 0 Å². The lowest BCUT2D eigenvalue weighted by atomic mass is 9.87. The molecule has 0 radical (unpaired) electrons. The van der Waals surface area contributed by atoms with Gasteiger partial charge in [0.2, 0.25) is 0 Å². The molecular formula is C59H36N2O5. The molecule has 0 saturated carbocycles. The zero-order valence-electron chi connectivity index (χ0n) is 36.3. The van der Waals surface area contributed by atoms with E-state index in [1.807, 2.05) is 69.5 Å². The maximum Gasteiger partial charge on any atom is 0.338 e. The van der Waals surface area contributed by atoms with Gasteiger partial charge in [-0.05, 0) is 137 Å². The Bertz CT molecular complexity index is 4770. The van der Waals surface area contributed by atoms with Gasteiger partial charge in [0, 0.05) is 32.7 Å². The summed E-state index contributed by atoms with van der Waals surface area (Å²) in [5.41, 5.74) is 15.7. The average Bonchev–Trinajstić information content (AvgIpc) is 3.91. The SMILES string of the molecule is Cc1ccc2cccc(C)c2c1-c1cc2cc(-c3c(C)ccc4cccc(C)c34)c3oc4ccc5oc6ccccc6c5c4n4c(=O)n5c6ccc7c8ccccc8oc7c6oc1c5c2c34. The minimum absolute atomic E-state index is 0.264. The van der Waals surface area contributed by atoms with Gasteiger partial charge >= 0.3 is 5.69 Å². The first-order valence-corrected chi connectivity index (χ1v) is 22.4. The first kappa shape index (κ1) is 35.9. The van der Waals surface area contributed by atoms with E-state index in [2.05, 4.69) is 113 Å². The molecule has 0 aliphatic carbocycles. The van der Waals surface area contributed by atoms with Crippen LogP contribution in [0.4, 0.5) is 0 Å². The molecule has 0 amide bonds. The summed E-state index contributed by atoms with van der Waals surface area (Å²) >= 11 is 0. The summed E-state index contributed by atoms with van der Waals surface area (Å²) in [5.74, 6) is 0. The molecule has 7 nitrogen and oxygen atoms in total. The molecule has 0 unspecified atom stereocenters. The van der Waals surface area contributed by atoms with Gasteiger partial charge < -0.3 is 17.7 Å². The van der Waals surface area contributed by atoms with Crippen LogP contribution in [0.15, 0.2) is 168 Å². The fraction of sp³-hybridized carbons (Fsp3) is 0.0678. The molecule has 10 aromatic carbocycles. The fourth-order valence-electron chi connectivity index (χ4n) is 11.6. The number of hydrogen-bond acceptors (Lipinski definition) is 5. The van der Waals surface area contributed by atoms with Crippen molar-refractivity contribution < 1.29 is 17.7 Å². The monoisotopic (exact) mass is 852 g/mol. The molecule has 5 aromatic heterocycles. The third kappa shape index (κ3) is 4.39. The number of para-hydroxylation sites is 2. The highest BCUT2D eigenvalue weighted by molar-refractivity contribution is 6.28. The molecule has 5 heterocycles. The maximum absolute atomic E-state index is 16.5. The minimum Gasteiger partial charge on any atom is -0.456 e. The van der Waals surface area contributed by atoms with Crippen LogP contribution in [0.2, 0.25) is 0 Å². The second-order valence-electron chi connectivity index (χ2n) is 18.1. The van der Waals surface area contributed by atoms with Crippen LogP contribution in [-0.2, 0) is 0 Å². The Kier molecular flexibility index (Phi) is 6.72. The number of benzene rings is 10. The molecule has 7 heteroatoms. The largest absolute Gasteiger partial charge is 0.456 e. The highest BCUT2D eigenvalue weighted by atomic mass is 16.4. The number of aromatic nitrogens is 2. The van der Waals surface area contributed by atoms with E-state index in [1.165, 1.54) is 0 Å². The topological polar surface area (TPSA) is 78.5 Å². The van der Waals surface area contributed by atoms with Crippen molar-refractivity contribution in [3.63, 3.8) is 0 Å². The van der Waals surface area contributed by atoms with Gasteiger partial charge in [0.25, 0.3) is 0 Å². The fourth-order valence-corrected chi connectivity index (χ4v) is 11.6. The lowest BCUT2D eigenvalue weighted by Crippen LogP contribution is -2.24. The first-order valence-electron chi connectivity index (χ1n) is 22.4. The van der Waals surface area contributed by atoms with E-state index >= 15 is 4.79 Å². The molecule has 0 saturated heterocycles. The summed E-state index contributed by atoms with van der Waals surface area (Å²) in [6.07, 6.45) is 0. The molecule has 0 fully saturated rings. The molecule has 0 bridgehead atoms. The number of hydrogen-bond donors (Lipinski definition) is 0. The van der Waals surface area contributed by atoms with Crippen molar-refractivity contribution in [1.29, 1.82) is 0 Å². The Morgan fingerprint density at radius 2 is 0.955 bits per heavy atom. The summed E-state index contributed by atoms with van der Waals surface area (Å²) in [4.78, 5) is 16.5. The van der Waals surface area contributed by atoms with Crippen LogP contribution in [0.1, 0.15) is 22.3 Å². The van der Waals surface area contributed by atoms with Crippen LogP contribution in [-0.4, -0.2) is 8.80 Å². The number of nitrogens with zero attached hydrogens (tertiary/aromatic N) is 2. The van der Waals surface area contributed by atoms with Crippen molar-refractivity contribution in [2.24, 2.45) is 0 Å². The predicted molar refractivity (Wildman–Crippen MR) is 269 cm³/mol. The van der Waals surface area contributed by atoms with E-state index in [4.69, 9.17) is 17.7 Å². The standard InChI is InChI=1S/C59H36N2O5/c1-29-11-9-13-33-21-19-31(3)48(46(29)33)39-27-35-28-40(49-32(4)20-22-34-14-10-12-30(2)47(34)49)56-53-50(35)54-55(39)65-45-26-25-44-51(38-16-6-8-18-43(38)63-44)52(45)61(54)59(62)60(53)41-24-23-37-36-15-5-7-17-42(36)64-57(37)58(41)66-56/h5-28H,1-4H3. The summed E-state index contributed by atoms with van der Waals surface area (Å²) in [6, 6.07) is 50.1. The van der Waals surface area contributed by atoms with Gasteiger partial charge in [-0.15, -0.1) is 0 Å². The molecular weight excluding hydrogens is 817 g/mol. The van der Waals surface area contributed by atoms with Crippen LogP contribution >= 0.6 is 0 Å². The van der Waals surface area contributed by atoms with Crippen molar-refractivity contribution in [3.05, 3.63) is 178 Å². The van der Waals surface area contributed by atoms with Gasteiger partial charge in [0.1, 0.15) is 33.3 Å². The molecule has 0 aliphatic rings. The second kappa shape index (κ2) is 12.4. The quantitative estimate of drug-likeness (QED) is 0.128. The second-order valence-corrected chi connectivity index (χ2v) is 18.1. The number of aryl methyl sites for hydroxylation is 4. The Morgan fingerprint density at radius 3 is 1.65 bits per heavy atom. The highest BCUT2D eigenvalue weighted by Crippen LogP contribution is 2.49. The molecule has 15 aromatic rings. The summed E-state index contributed by atoms with van der Waals surface area (Å²) < 4.78 is 31.7. The van der Waals surface area contributed by atoms with Gasteiger partial charge in [-0.1, -0.05) is 97.1 Å². The van der Waals surface area contributed by atoms with Crippen molar-refractivity contribution in [1.82, 2.24) is 8.80 Å². The number of fused-ring (bicyclic) bond motifs is 14. The first-order chi connectivity index (χ1) is 32.3. The van der Waals surface area contributed by atoms with Crippen LogP contribution in [0.5, 0.6) is 0 Å². The third-order valence-corrected chi connectivity index (χ3v) is 14.4. The Balaban J connectivity index is 1.27. The lowest BCUT2D eigenvalue weighted by Gasteiger charge is -2.23. The number of furan rings is 2. The third-order valence-electron chi connectivity index (χ3n) is 14.4. The number of rotatable bonds is 2. The lowest BCUT2D eigenvalue weighted by molar-refractivity contribution is 0.624. The summed E-state index contributed by atoms with van der Waals surface area (Å²) in [7, 11) is 0. The summed E-state index contributed by atoms with van der Waals surface area (Å²) in [6.45, 7) is 8.66. The Labute approximate surface area is 373 Å². The van der Waals surface area contributed by atoms with E-state index in [0.717, 1.165) is 110 Å².